The Balaban J connectivity index is 0.000000599. The number of aromatic hydroxyl groups is 2. The first-order valence-electron chi connectivity index (χ1n) is 21.5. The molecule has 0 aliphatic carbocycles. The summed E-state index contributed by atoms with van der Waals surface area (Å²) in [6.45, 7) is 11.4. The summed E-state index contributed by atoms with van der Waals surface area (Å²) in [5, 5.41) is 17.3. The number of phenols is 2. The molecule has 2 N–H and O–H groups in total. The number of aryl methyl sites for hydroxylation is 4. The van der Waals surface area contributed by atoms with Crippen LogP contribution >= 0.6 is 0 Å². The van der Waals surface area contributed by atoms with Gasteiger partial charge in [-0.2, -0.15) is 0 Å². The van der Waals surface area contributed by atoms with E-state index in [2.05, 4.69) is 77.1 Å². The number of hydrogen-bond donors (Lipinski definition) is 2. The zero-order valence-electron chi connectivity index (χ0n) is 35.1. The smallest absolute Gasteiger partial charge is 0.210 e. The monoisotopic (exact) mass is 800 g/mol. The molecule has 0 saturated heterocycles. The zero-order chi connectivity index (χ0) is 39.7. The maximum absolute atomic E-state index is 11.9. The average molecular weight is 802 g/mol. The first-order chi connectivity index (χ1) is 26.8. The molecule has 4 aromatic rings. The van der Waals surface area contributed by atoms with Gasteiger partial charge in [0.1, 0.15) is 11.5 Å². The topological polar surface area (TPSA) is 65.8 Å². The van der Waals surface area contributed by atoms with Gasteiger partial charge in [0.25, 0.3) is 0 Å². The van der Waals surface area contributed by atoms with E-state index in [0.29, 0.717) is 11.5 Å². The molecule has 0 saturated carbocycles. The van der Waals surface area contributed by atoms with E-state index in [1.807, 2.05) is 12.1 Å². The predicted octanol–water partition coefficient (Wildman–Crippen LogP) is 15.0. The van der Waals surface area contributed by atoms with E-state index in [-0.39, 0.29) is 16.5 Å². The van der Waals surface area contributed by atoms with Crippen molar-refractivity contribution in [2.45, 2.75) is 150 Å². The second-order valence-electron chi connectivity index (χ2n) is 15.0. The van der Waals surface area contributed by atoms with Crippen LogP contribution in [-0.4, -0.2) is 14.9 Å². The van der Waals surface area contributed by atoms with Crippen LogP contribution in [0.5, 0.6) is 11.5 Å². The molecule has 5 heteroatoms. The first-order valence-corrected chi connectivity index (χ1v) is 21.5. The fourth-order valence-corrected chi connectivity index (χ4v) is 6.98. The number of nitrogens with zero attached hydrogens (tertiary/aromatic N) is 2. The number of hydrogen-bond acceptors (Lipinski definition) is 2. The van der Waals surface area contributed by atoms with Gasteiger partial charge in [0.2, 0.25) is 11.4 Å². The number of unbranched alkanes of at least 4 members (excludes halogenated alkanes) is 8. The number of para-hydroxylation sites is 2. The Morgan fingerprint density at radius 2 is 0.804 bits per heavy atom. The molecule has 0 spiro atoms. The maximum Gasteiger partial charge on any atom is 0.210 e. The van der Waals surface area contributed by atoms with Crippen molar-refractivity contribution in [3.05, 3.63) is 148 Å². The molecule has 4 nitrogen and oxygen atoms in total. The van der Waals surface area contributed by atoms with Gasteiger partial charge in [-0.1, -0.05) is 135 Å². The van der Waals surface area contributed by atoms with Gasteiger partial charge in [-0.05, 0) is 135 Å². The molecule has 1 aliphatic rings. The van der Waals surface area contributed by atoms with E-state index in [0.717, 1.165) is 49.9 Å². The summed E-state index contributed by atoms with van der Waals surface area (Å²) in [5.74, 6) is 0.644. The summed E-state index contributed by atoms with van der Waals surface area (Å²) in [7, 11) is 0. The van der Waals surface area contributed by atoms with E-state index < -0.39 is 0 Å². The third-order valence-electron chi connectivity index (χ3n) is 10.1. The van der Waals surface area contributed by atoms with E-state index in [9.17, 15) is 5.53 Å². The minimum atomic E-state index is 0. The summed E-state index contributed by atoms with van der Waals surface area (Å²) in [5.41, 5.74) is 23.2. The van der Waals surface area contributed by atoms with Crippen molar-refractivity contribution in [2.75, 3.05) is 0 Å². The average Bonchev–Trinajstić information content (AvgIpc) is 3.53. The third-order valence-corrected chi connectivity index (χ3v) is 10.1. The Labute approximate surface area is 350 Å². The van der Waals surface area contributed by atoms with Gasteiger partial charge in [-0.15, -0.1) is 0 Å². The van der Waals surface area contributed by atoms with Crippen molar-refractivity contribution in [2.24, 2.45) is 0 Å². The van der Waals surface area contributed by atoms with Crippen molar-refractivity contribution >= 4 is 11.4 Å². The molecule has 306 valence electrons. The van der Waals surface area contributed by atoms with Crippen LogP contribution in [0.4, 0.5) is 0 Å². The molecule has 0 fully saturated rings. The molecule has 0 amide bonds. The SMILES string of the molecule is CCCCCC1=C(c2cc(CCCC)cc(CCCC)c2)[N+](=[N-])C(c2cc(CCCCC)cc(CCCCC)c2)=C1.Oc1ccccc1.Oc1ccccc1.[Ni]. The predicted molar refractivity (Wildman–Crippen MR) is 235 cm³/mol. The molecule has 0 bridgehead atoms. The minimum Gasteiger partial charge on any atom is -0.508 e. The number of rotatable bonds is 20. The van der Waals surface area contributed by atoms with Crippen molar-refractivity contribution in [1.82, 2.24) is 0 Å². The molecular formula is C51H70N2NiO2. The molecule has 4 aromatic carbocycles. The summed E-state index contributed by atoms with van der Waals surface area (Å²) < 4.78 is 1.55. The molecular weight excluding hydrogens is 731 g/mol. The normalized spacial score (nSPS) is 11.9. The standard InChI is InChI=1S/C39H58N2.2C6H6O.Ni/c1-6-11-16-21-33-25-34(22-17-12-7-2)27-36(26-33)38-30-35(23-18-13-8-3)39(41(38)40)37-28-31(19-14-9-4)24-32(29-37)20-15-10-5;2*7-6-4-2-1-3-5-6;/h24-30H,6-23H2,1-5H3;2*1-5,7H;. The fourth-order valence-electron chi connectivity index (χ4n) is 6.98. The molecule has 0 atom stereocenters. The van der Waals surface area contributed by atoms with Crippen LogP contribution in [-0.2, 0) is 42.2 Å². The van der Waals surface area contributed by atoms with Gasteiger partial charge < -0.3 is 15.7 Å². The van der Waals surface area contributed by atoms with Gasteiger partial charge >= 0.3 is 0 Å². The Morgan fingerprint density at radius 3 is 1.16 bits per heavy atom. The van der Waals surface area contributed by atoms with Crippen LogP contribution in [0.25, 0.3) is 16.9 Å². The van der Waals surface area contributed by atoms with Crippen LogP contribution in [0.2, 0.25) is 0 Å². The van der Waals surface area contributed by atoms with Gasteiger partial charge in [0, 0.05) is 39.3 Å². The van der Waals surface area contributed by atoms with Gasteiger partial charge in [0.15, 0.2) is 0 Å². The van der Waals surface area contributed by atoms with Crippen LogP contribution in [0.3, 0.4) is 0 Å². The Morgan fingerprint density at radius 1 is 0.446 bits per heavy atom. The maximum atomic E-state index is 11.9. The first kappa shape index (κ1) is 48.2. The molecule has 0 radical (unpaired) electrons. The van der Waals surface area contributed by atoms with E-state index in [4.69, 9.17) is 10.2 Å². The van der Waals surface area contributed by atoms with Gasteiger partial charge in [-0.3, -0.25) is 0 Å². The van der Waals surface area contributed by atoms with Crippen LogP contribution in [0.15, 0.2) is 109 Å². The third kappa shape index (κ3) is 17.5. The van der Waals surface area contributed by atoms with Gasteiger partial charge in [0.05, 0.1) is 0 Å². The largest absolute Gasteiger partial charge is 0.508 e. The number of allylic oxidation sites excluding steroid dienone is 2. The molecule has 5 rings (SSSR count). The quantitative estimate of drug-likeness (QED) is 0.0531. The second-order valence-corrected chi connectivity index (χ2v) is 15.0. The fraction of sp³-hybridized carbons (Fsp3) is 0.451. The molecule has 0 aromatic heterocycles. The summed E-state index contributed by atoms with van der Waals surface area (Å²) in [6.07, 6.45) is 23.6. The van der Waals surface area contributed by atoms with Crippen molar-refractivity contribution in [3.63, 3.8) is 0 Å². The summed E-state index contributed by atoms with van der Waals surface area (Å²) >= 11 is 0. The molecule has 1 heterocycles. The Bertz CT molecular complexity index is 1650. The number of benzene rings is 4. The van der Waals surface area contributed by atoms with E-state index in [1.165, 1.54) is 116 Å². The molecule has 1 aliphatic heterocycles. The van der Waals surface area contributed by atoms with E-state index in [1.54, 1.807) is 53.2 Å². The molecule has 0 unspecified atom stereocenters. The number of phenolic OH excluding ortho intramolecular Hbond substituents is 2. The summed E-state index contributed by atoms with van der Waals surface area (Å²) in [4.78, 5) is 0. The van der Waals surface area contributed by atoms with Gasteiger partial charge in [-0.25, -0.2) is 4.70 Å². The van der Waals surface area contributed by atoms with E-state index >= 15 is 0 Å². The van der Waals surface area contributed by atoms with Crippen molar-refractivity contribution in [3.8, 4) is 11.5 Å². The van der Waals surface area contributed by atoms with Crippen LogP contribution in [0, 0.1) is 0 Å². The van der Waals surface area contributed by atoms with Crippen molar-refractivity contribution < 1.29 is 31.4 Å². The molecule has 56 heavy (non-hydrogen) atoms. The Kier molecular flexibility index (Phi) is 24.5. The van der Waals surface area contributed by atoms with Crippen LogP contribution in [0.1, 0.15) is 158 Å². The Hall–Kier alpha value is -3.95. The zero-order valence-corrected chi connectivity index (χ0v) is 36.1. The minimum absolute atomic E-state index is 0. The summed E-state index contributed by atoms with van der Waals surface area (Å²) in [6, 6.07) is 31.7. The van der Waals surface area contributed by atoms with Crippen molar-refractivity contribution in [1.29, 1.82) is 0 Å². The van der Waals surface area contributed by atoms with Crippen LogP contribution < -0.4 is 0 Å². The second kappa shape index (κ2) is 28.4.